The van der Waals surface area contributed by atoms with Crippen LogP contribution in [0.4, 0.5) is 0 Å². The topological polar surface area (TPSA) is 38.9 Å². The number of halogens is 1. The summed E-state index contributed by atoms with van der Waals surface area (Å²) >= 11 is 1.71. The lowest BCUT2D eigenvalue weighted by atomic mass is 9.99. The largest absolute Gasteiger partial charge is 0.324 e. The number of aromatic nitrogens is 1. The van der Waals surface area contributed by atoms with Crippen molar-refractivity contribution in [1.29, 1.82) is 0 Å². The maximum absolute atomic E-state index is 6.24. The van der Waals surface area contributed by atoms with Gasteiger partial charge in [0, 0.05) is 11.6 Å². The third-order valence-electron chi connectivity index (χ3n) is 3.31. The summed E-state index contributed by atoms with van der Waals surface area (Å²) < 4.78 is 1.20. The summed E-state index contributed by atoms with van der Waals surface area (Å²) in [5.74, 6) is 0. The Bertz CT molecular complexity index is 718. The van der Waals surface area contributed by atoms with Crippen LogP contribution >= 0.6 is 23.7 Å². The summed E-state index contributed by atoms with van der Waals surface area (Å²) in [5, 5.41) is 1.03. The first-order chi connectivity index (χ1) is 9.79. The van der Waals surface area contributed by atoms with E-state index < -0.39 is 0 Å². The number of hydrogen-bond acceptors (Lipinski definition) is 3. The van der Waals surface area contributed by atoms with Gasteiger partial charge in [-0.15, -0.1) is 30.3 Å². The van der Waals surface area contributed by atoms with Crippen LogP contribution in [0, 0.1) is 0 Å². The summed E-state index contributed by atoms with van der Waals surface area (Å²) in [7, 11) is 0. The maximum atomic E-state index is 6.24. The third kappa shape index (κ3) is 3.16. The molecule has 2 nitrogen and oxygen atoms in total. The molecule has 1 heterocycles. The van der Waals surface area contributed by atoms with E-state index in [-0.39, 0.29) is 18.4 Å². The minimum atomic E-state index is -0.0317. The Kier molecular flexibility index (Phi) is 5.12. The predicted molar refractivity (Wildman–Crippen MR) is 94.0 cm³/mol. The van der Waals surface area contributed by atoms with Crippen LogP contribution in [0.25, 0.3) is 20.8 Å². The zero-order valence-corrected chi connectivity index (χ0v) is 13.2. The molecule has 21 heavy (non-hydrogen) atoms. The second kappa shape index (κ2) is 6.85. The molecule has 1 atom stereocenters. The molecule has 2 N–H and O–H groups in total. The lowest BCUT2D eigenvalue weighted by Gasteiger charge is -2.13. The Balaban J connectivity index is 0.00000161. The third-order valence-corrected chi connectivity index (χ3v) is 4.37. The van der Waals surface area contributed by atoms with Crippen LogP contribution in [-0.4, -0.2) is 4.98 Å². The van der Waals surface area contributed by atoms with E-state index >= 15 is 0 Å². The maximum Gasteiger partial charge on any atom is 0.124 e. The molecule has 0 spiro atoms. The van der Waals surface area contributed by atoms with Gasteiger partial charge >= 0.3 is 0 Å². The summed E-state index contributed by atoms with van der Waals surface area (Å²) in [5.41, 5.74) is 9.54. The SMILES string of the molecule is C=CCC(N)c1ccccc1-c1nc2ccccc2s1.Cl. The van der Waals surface area contributed by atoms with Gasteiger partial charge < -0.3 is 5.73 Å². The quantitative estimate of drug-likeness (QED) is 0.691. The molecule has 1 aromatic heterocycles. The van der Waals surface area contributed by atoms with Gasteiger partial charge in [-0.1, -0.05) is 42.5 Å². The molecule has 2 aromatic carbocycles. The summed E-state index contributed by atoms with van der Waals surface area (Å²) in [4.78, 5) is 4.72. The Hall–Kier alpha value is -1.68. The van der Waals surface area contributed by atoms with Gasteiger partial charge in [0.15, 0.2) is 0 Å². The van der Waals surface area contributed by atoms with Gasteiger partial charge in [-0.25, -0.2) is 4.98 Å². The van der Waals surface area contributed by atoms with Gasteiger partial charge in [0.05, 0.1) is 10.2 Å². The van der Waals surface area contributed by atoms with Crippen LogP contribution in [0.5, 0.6) is 0 Å². The molecule has 0 fully saturated rings. The van der Waals surface area contributed by atoms with E-state index in [0.717, 1.165) is 28.1 Å². The Morgan fingerprint density at radius 2 is 1.86 bits per heavy atom. The molecular weight excluding hydrogens is 300 g/mol. The van der Waals surface area contributed by atoms with E-state index in [1.165, 1.54) is 4.70 Å². The van der Waals surface area contributed by atoms with Crippen molar-refractivity contribution in [2.45, 2.75) is 12.5 Å². The van der Waals surface area contributed by atoms with Crippen molar-refractivity contribution < 1.29 is 0 Å². The fourth-order valence-corrected chi connectivity index (χ4v) is 3.32. The molecule has 0 aliphatic rings. The predicted octanol–water partition coefficient (Wildman–Crippen LogP) is 4.96. The smallest absolute Gasteiger partial charge is 0.124 e. The average molecular weight is 317 g/mol. The van der Waals surface area contributed by atoms with Crippen LogP contribution in [0.15, 0.2) is 61.2 Å². The molecule has 0 amide bonds. The Labute approximate surface area is 134 Å². The van der Waals surface area contributed by atoms with Gasteiger partial charge in [-0.05, 0) is 24.1 Å². The number of fused-ring (bicyclic) bond motifs is 1. The van der Waals surface area contributed by atoms with Crippen molar-refractivity contribution in [1.82, 2.24) is 4.98 Å². The number of hydrogen-bond donors (Lipinski definition) is 1. The zero-order chi connectivity index (χ0) is 13.9. The van der Waals surface area contributed by atoms with Crippen molar-refractivity contribution in [2.24, 2.45) is 5.73 Å². The Morgan fingerprint density at radius 3 is 2.62 bits per heavy atom. The number of nitrogens with zero attached hydrogens (tertiary/aromatic N) is 1. The molecule has 0 saturated heterocycles. The molecule has 0 aliphatic carbocycles. The lowest BCUT2D eigenvalue weighted by molar-refractivity contribution is 0.743. The highest BCUT2D eigenvalue weighted by molar-refractivity contribution is 7.21. The van der Waals surface area contributed by atoms with E-state index in [2.05, 4.69) is 24.8 Å². The second-order valence-electron chi connectivity index (χ2n) is 4.70. The van der Waals surface area contributed by atoms with Crippen molar-refractivity contribution in [3.63, 3.8) is 0 Å². The summed E-state index contributed by atoms with van der Waals surface area (Å²) in [6.45, 7) is 3.77. The minimum absolute atomic E-state index is 0. The summed E-state index contributed by atoms with van der Waals surface area (Å²) in [6.07, 6.45) is 2.63. The summed E-state index contributed by atoms with van der Waals surface area (Å²) in [6, 6.07) is 16.4. The van der Waals surface area contributed by atoms with Crippen molar-refractivity contribution in [3.05, 3.63) is 66.7 Å². The lowest BCUT2D eigenvalue weighted by Crippen LogP contribution is -2.10. The molecule has 0 saturated carbocycles. The van der Waals surface area contributed by atoms with E-state index in [1.54, 1.807) is 11.3 Å². The Morgan fingerprint density at radius 1 is 1.14 bits per heavy atom. The normalized spacial score (nSPS) is 11.9. The molecule has 4 heteroatoms. The van der Waals surface area contributed by atoms with Gasteiger partial charge in [0.1, 0.15) is 5.01 Å². The molecule has 3 aromatic rings. The van der Waals surface area contributed by atoms with Gasteiger partial charge in [0.2, 0.25) is 0 Å². The number of thiazole rings is 1. The van der Waals surface area contributed by atoms with E-state index in [0.29, 0.717) is 0 Å². The number of para-hydroxylation sites is 1. The first-order valence-corrected chi connectivity index (χ1v) is 7.42. The number of nitrogens with two attached hydrogens (primary N) is 1. The molecule has 0 radical (unpaired) electrons. The van der Waals surface area contributed by atoms with Crippen LogP contribution in [0.1, 0.15) is 18.0 Å². The molecule has 0 aliphatic heterocycles. The molecule has 3 rings (SSSR count). The van der Waals surface area contributed by atoms with Crippen molar-refractivity contribution in [3.8, 4) is 10.6 Å². The highest BCUT2D eigenvalue weighted by atomic mass is 35.5. The molecule has 108 valence electrons. The second-order valence-corrected chi connectivity index (χ2v) is 5.74. The highest BCUT2D eigenvalue weighted by Gasteiger charge is 2.14. The number of rotatable bonds is 4. The standard InChI is InChI=1S/C17H16N2S.ClH/c1-2-7-14(18)12-8-3-4-9-13(12)17-19-15-10-5-6-11-16(15)20-17;/h2-6,8-11,14H,1,7,18H2;1H. The number of benzene rings is 2. The highest BCUT2D eigenvalue weighted by Crippen LogP contribution is 2.34. The van der Waals surface area contributed by atoms with Crippen molar-refractivity contribution in [2.75, 3.05) is 0 Å². The first kappa shape index (κ1) is 15.7. The van der Waals surface area contributed by atoms with Crippen LogP contribution in [0.2, 0.25) is 0 Å². The zero-order valence-electron chi connectivity index (χ0n) is 11.5. The van der Waals surface area contributed by atoms with Crippen LogP contribution < -0.4 is 5.73 Å². The van der Waals surface area contributed by atoms with Crippen LogP contribution in [-0.2, 0) is 0 Å². The van der Waals surface area contributed by atoms with Gasteiger partial charge in [-0.2, -0.15) is 0 Å². The van der Waals surface area contributed by atoms with Gasteiger partial charge in [-0.3, -0.25) is 0 Å². The van der Waals surface area contributed by atoms with Crippen molar-refractivity contribution >= 4 is 34.0 Å². The molecule has 1 unspecified atom stereocenters. The van der Waals surface area contributed by atoms with Gasteiger partial charge in [0.25, 0.3) is 0 Å². The van der Waals surface area contributed by atoms with Crippen LogP contribution in [0.3, 0.4) is 0 Å². The first-order valence-electron chi connectivity index (χ1n) is 6.61. The fraction of sp³-hybridized carbons (Fsp3) is 0.118. The monoisotopic (exact) mass is 316 g/mol. The molecule has 0 bridgehead atoms. The van der Waals surface area contributed by atoms with E-state index in [1.807, 2.05) is 36.4 Å². The molecular formula is C17H17ClN2S. The minimum Gasteiger partial charge on any atom is -0.324 e. The fourth-order valence-electron chi connectivity index (χ4n) is 2.31. The van der Waals surface area contributed by atoms with E-state index in [4.69, 9.17) is 10.7 Å². The van der Waals surface area contributed by atoms with E-state index in [9.17, 15) is 0 Å². The average Bonchev–Trinajstić information content (AvgIpc) is 2.91.